The molecule has 0 atom stereocenters. The second-order valence-corrected chi connectivity index (χ2v) is 4.80. The van der Waals surface area contributed by atoms with Gasteiger partial charge in [-0.1, -0.05) is 23.7 Å². The van der Waals surface area contributed by atoms with Gasteiger partial charge in [0.05, 0.1) is 18.1 Å². The van der Waals surface area contributed by atoms with Crippen molar-refractivity contribution in [1.29, 1.82) is 0 Å². The van der Waals surface area contributed by atoms with Crippen molar-refractivity contribution in [2.75, 3.05) is 19.6 Å². The number of nitrogens with one attached hydrogen (secondary N) is 1. The zero-order valence-corrected chi connectivity index (χ0v) is 10.1. The van der Waals surface area contributed by atoms with E-state index < -0.39 is 0 Å². The first kappa shape index (κ1) is 11.6. The first-order chi connectivity index (χ1) is 7.77. The Balaban J connectivity index is 2.00. The fourth-order valence-corrected chi connectivity index (χ4v) is 2.48. The van der Waals surface area contributed by atoms with Gasteiger partial charge in [0.15, 0.2) is 0 Å². The molecule has 1 aliphatic heterocycles. The minimum atomic E-state index is 0.169. The van der Waals surface area contributed by atoms with Crippen molar-refractivity contribution in [3.8, 4) is 0 Å². The van der Waals surface area contributed by atoms with Gasteiger partial charge >= 0.3 is 0 Å². The number of rotatable bonds is 3. The number of carbonyl (C=O) groups is 1. The third kappa shape index (κ3) is 2.83. The lowest BCUT2D eigenvalue weighted by atomic mass is 10.1. The van der Waals surface area contributed by atoms with Gasteiger partial charge in [0, 0.05) is 5.56 Å². The lowest BCUT2D eigenvalue weighted by Crippen LogP contribution is -3.13. The van der Waals surface area contributed by atoms with E-state index in [0.29, 0.717) is 17.1 Å². The Labute approximate surface area is 101 Å². The SMILES string of the molecule is O=C(C[NH+]1CCCCC1)c1ccccc1Cl. The van der Waals surface area contributed by atoms with Crippen LogP contribution in [-0.4, -0.2) is 25.4 Å². The fraction of sp³-hybridized carbons (Fsp3) is 0.462. The average Bonchev–Trinajstić information content (AvgIpc) is 2.31. The fourth-order valence-electron chi connectivity index (χ4n) is 2.24. The van der Waals surface area contributed by atoms with Gasteiger partial charge in [-0.2, -0.15) is 0 Å². The van der Waals surface area contributed by atoms with Crippen molar-refractivity contribution < 1.29 is 9.69 Å². The number of likely N-dealkylation sites (tertiary alicyclic amines) is 1. The molecular formula is C13H17ClNO+. The number of piperidine rings is 1. The first-order valence-electron chi connectivity index (χ1n) is 5.88. The summed E-state index contributed by atoms with van der Waals surface area (Å²) < 4.78 is 0. The Morgan fingerprint density at radius 3 is 2.56 bits per heavy atom. The maximum absolute atomic E-state index is 12.0. The lowest BCUT2D eigenvalue weighted by molar-refractivity contribution is -0.896. The summed E-state index contributed by atoms with van der Waals surface area (Å²) in [5.41, 5.74) is 0.669. The van der Waals surface area contributed by atoms with Crippen LogP contribution in [0.1, 0.15) is 29.6 Å². The van der Waals surface area contributed by atoms with Crippen LogP contribution in [0.4, 0.5) is 0 Å². The molecule has 0 spiro atoms. The molecule has 0 amide bonds. The van der Waals surface area contributed by atoms with Gasteiger partial charge in [-0.3, -0.25) is 4.79 Å². The van der Waals surface area contributed by atoms with Gasteiger partial charge in [-0.15, -0.1) is 0 Å². The van der Waals surface area contributed by atoms with Gasteiger partial charge in [-0.25, -0.2) is 0 Å². The maximum Gasteiger partial charge on any atom is 0.218 e. The van der Waals surface area contributed by atoms with Crippen LogP contribution in [0.2, 0.25) is 5.02 Å². The normalized spacial score (nSPS) is 17.3. The highest BCUT2D eigenvalue weighted by atomic mass is 35.5. The van der Waals surface area contributed by atoms with Crippen molar-refractivity contribution in [2.24, 2.45) is 0 Å². The molecule has 0 saturated carbocycles. The number of halogens is 1. The van der Waals surface area contributed by atoms with Crippen LogP contribution in [-0.2, 0) is 0 Å². The van der Waals surface area contributed by atoms with Gasteiger partial charge in [0.1, 0.15) is 6.54 Å². The highest BCUT2D eigenvalue weighted by Gasteiger charge is 2.19. The first-order valence-corrected chi connectivity index (χ1v) is 6.26. The van der Waals surface area contributed by atoms with Crippen LogP contribution in [0.25, 0.3) is 0 Å². The van der Waals surface area contributed by atoms with E-state index in [0.717, 1.165) is 13.1 Å². The Kier molecular flexibility index (Phi) is 3.97. The van der Waals surface area contributed by atoms with E-state index in [1.807, 2.05) is 18.2 Å². The summed E-state index contributed by atoms with van der Waals surface area (Å²) in [6.45, 7) is 2.83. The molecule has 1 aromatic rings. The van der Waals surface area contributed by atoms with Crippen LogP contribution < -0.4 is 4.90 Å². The minimum Gasteiger partial charge on any atom is -0.328 e. The second kappa shape index (κ2) is 5.46. The van der Waals surface area contributed by atoms with Gasteiger partial charge in [0.2, 0.25) is 5.78 Å². The van der Waals surface area contributed by atoms with Crippen LogP contribution >= 0.6 is 11.6 Å². The number of carbonyl (C=O) groups excluding carboxylic acids is 1. The van der Waals surface area contributed by atoms with E-state index in [2.05, 4.69) is 0 Å². The molecule has 2 nitrogen and oxygen atoms in total. The van der Waals surface area contributed by atoms with Crippen LogP contribution in [0.5, 0.6) is 0 Å². The van der Waals surface area contributed by atoms with Crippen LogP contribution in [0.15, 0.2) is 24.3 Å². The monoisotopic (exact) mass is 238 g/mol. The number of quaternary nitrogens is 1. The topological polar surface area (TPSA) is 21.5 Å². The summed E-state index contributed by atoms with van der Waals surface area (Å²) in [7, 11) is 0. The Bertz CT molecular complexity index is 372. The summed E-state index contributed by atoms with van der Waals surface area (Å²) in [4.78, 5) is 13.4. The molecule has 0 radical (unpaired) electrons. The van der Waals surface area contributed by atoms with E-state index >= 15 is 0 Å². The Morgan fingerprint density at radius 2 is 1.88 bits per heavy atom. The van der Waals surface area contributed by atoms with Crippen LogP contribution in [0.3, 0.4) is 0 Å². The predicted octanol–water partition coefficient (Wildman–Crippen LogP) is 1.59. The zero-order chi connectivity index (χ0) is 11.4. The largest absolute Gasteiger partial charge is 0.328 e. The van der Waals surface area contributed by atoms with Gasteiger partial charge in [0.25, 0.3) is 0 Å². The molecule has 1 aliphatic rings. The number of hydrogen-bond donors (Lipinski definition) is 1. The summed E-state index contributed by atoms with van der Waals surface area (Å²) >= 11 is 6.01. The molecule has 86 valence electrons. The average molecular weight is 239 g/mol. The molecule has 0 bridgehead atoms. The van der Waals surface area contributed by atoms with Crippen molar-refractivity contribution in [1.82, 2.24) is 0 Å². The molecule has 16 heavy (non-hydrogen) atoms. The molecular weight excluding hydrogens is 222 g/mol. The van der Waals surface area contributed by atoms with E-state index in [-0.39, 0.29) is 5.78 Å². The molecule has 0 aromatic heterocycles. The number of ketones is 1. The Hall–Kier alpha value is -0.860. The van der Waals surface area contributed by atoms with Gasteiger partial charge < -0.3 is 4.90 Å². The summed E-state index contributed by atoms with van der Waals surface area (Å²) in [5.74, 6) is 0.169. The second-order valence-electron chi connectivity index (χ2n) is 4.39. The zero-order valence-electron chi connectivity index (χ0n) is 9.34. The van der Waals surface area contributed by atoms with Gasteiger partial charge in [-0.05, 0) is 31.4 Å². The third-order valence-electron chi connectivity index (χ3n) is 3.15. The third-order valence-corrected chi connectivity index (χ3v) is 3.48. The maximum atomic E-state index is 12.0. The van der Waals surface area contributed by atoms with E-state index in [1.165, 1.54) is 24.2 Å². The number of benzene rings is 1. The smallest absolute Gasteiger partial charge is 0.218 e. The highest BCUT2D eigenvalue weighted by molar-refractivity contribution is 6.34. The molecule has 1 heterocycles. The lowest BCUT2D eigenvalue weighted by Gasteiger charge is -2.22. The van der Waals surface area contributed by atoms with E-state index in [1.54, 1.807) is 6.07 Å². The molecule has 1 aromatic carbocycles. The van der Waals surface area contributed by atoms with E-state index in [9.17, 15) is 4.79 Å². The molecule has 3 heteroatoms. The summed E-state index contributed by atoms with van der Waals surface area (Å²) in [6.07, 6.45) is 3.79. The highest BCUT2D eigenvalue weighted by Crippen LogP contribution is 2.14. The number of Topliss-reactive ketones (excluding diaryl/α,β-unsaturated/α-hetero) is 1. The predicted molar refractivity (Wildman–Crippen MR) is 65.2 cm³/mol. The van der Waals surface area contributed by atoms with Crippen molar-refractivity contribution in [3.05, 3.63) is 34.9 Å². The molecule has 1 N–H and O–H groups in total. The van der Waals surface area contributed by atoms with Crippen molar-refractivity contribution >= 4 is 17.4 Å². The molecule has 1 saturated heterocycles. The quantitative estimate of drug-likeness (QED) is 0.794. The molecule has 0 aliphatic carbocycles. The molecule has 0 unspecified atom stereocenters. The van der Waals surface area contributed by atoms with Crippen LogP contribution in [0, 0.1) is 0 Å². The minimum absolute atomic E-state index is 0.169. The molecule has 2 rings (SSSR count). The number of hydrogen-bond acceptors (Lipinski definition) is 1. The Morgan fingerprint density at radius 1 is 1.19 bits per heavy atom. The summed E-state index contributed by atoms with van der Waals surface area (Å²) in [6, 6.07) is 7.31. The van der Waals surface area contributed by atoms with E-state index in [4.69, 9.17) is 11.6 Å². The van der Waals surface area contributed by atoms with Crippen molar-refractivity contribution in [3.63, 3.8) is 0 Å². The molecule has 1 fully saturated rings. The summed E-state index contributed by atoms with van der Waals surface area (Å²) in [5, 5.41) is 0.573. The van der Waals surface area contributed by atoms with Crippen molar-refractivity contribution in [2.45, 2.75) is 19.3 Å². The standard InChI is InChI=1S/C13H16ClNO/c14-12-7-3-2-6-11(12)13(16)10-15-8-4-1-5-9-15/h2-3,6-7H,1,4-5,8-10H2/p+1.